The fraction of sp³-hybridized carbons (Fsp3) is 0.607. The van der Waals surface area contributed by atoms with Crippen LogP contribution in [0.4, 0.5) is 26.3 Å². The minimum Gasteiger partial charge on any atom is -0.342 e. The van der Waals surface area contributed by atoms with Gasteiger partial charge in [0.2, 0.25) is 17.8 Å². The number of carbonyl (C=O) groups is 2. The fourth-order valence-corrected chi connectivity index (χ4v) is 6.61. The van der Waals surface area contributed by atoms with E-state index in [-0.39, 0.29) is 54.6 Å². The molecule has 0 radical (unpaired) electrons. The molecule has 5 rings (SSSR count). The maximum Gasteiger partial charge on any atom is 0.270 e. The van der Waals surface area contributed by atoms with Crippen LogP contribution < -0.4 is 10.6 Å². The molecule has 1 unspecified atom stereocenters. The van der Waals surface area contributed by atoms with E-state index in [1.54, 1.807) is 16.9 Å². The SMILES string of the molecule is CC(C)n1nccc1C(=O)N[C@H](c1cn2ncc(SC(NC(=O)CC3CC(F)(F)C3)C(F)F)cc2n1)C1CCC(F)(F)CC1. The first-order valence-corrected chi connectivity index (χ1v) is 15.3. The van der Waals surface area contributed by atoms with Crippen LogP contribution >= 0.6 is 11.8 Å². The Balaban J connectivity index is 1.34. The summed E-state index contributed by atoms with van der Waals surface area (Å²) in [5.41, 5.74) is 0.932. The van der Waals surface area contributed by atoms with Gasteiger partial charge in [0.1, 0.15) is 11.1 Å². The van der Waals surface area contributed by atoms with Crippen molar-refractivity contribution in [2.45, 2.75) is 99.4 Å². The largest absolute Gasteiger partial charge is 0.342 e. The van der Waals surface area contributed by atoms with Gasteiger partial charge in [-0.15, -0.1) is 0 Å². The van der Waals surface area contributed by atoms with Gasteiger partial charge in [-0.3, -0.25) is 14.3 Å². The lowest BCUT2D eigenvalue weighted by atomic mass is 9.79. The molecule has 44 heavy (non-hydrogen) atoms. The maximum atomic E-state index is 14.0. The topological polar surface area (TPSA) is 106 Å². The molecule has 240 valence electrons. The van der Waals surface area contributed by atoms with Crippen LogP contribution in [0.2, 0.25) is 0 Å². The second-order valence-electron chi connectivity index (χ2n) is 11.8. The Kier molecular flexibility index (Phi) is 9.19. The van der Waals surface area contributed by atoms with E-state index in [0.717, 1.165) is 0 Å². The van der Waals surface area contributed by atoms with E-state index in [4.69, 9.17) is 0 Å². The zero-order valence-corrected chi connectivity index (χ0v) is 24.8. The Morgan fingerprint density at radius 3 is 2.41 bits per heavy atom. The Morgan fingerprint density at radius 2 is 1.77 bits per heavy atom. The average Bonchev–Trinajstić information content (AvgIpc) is 3.58. The minimum atomic E-state index is -2.96. The van der Waals surface area contributed by atoms with E-state index in [0.29, 0.717) is 23.1 Å². The van der Waals surface area contributed by atoms with Crippen molar-refractivity contribution in [2.75, 3.05) is 0 Å². The molecule has 2 aliphatic rings. The number of alkyl halides is 6. The molecule has 0 bridgehead atoms. The van der Waals surface area contributed by atoms with E-state index in [1.807, 2.05) is 13.8 Å². The minimum absolute atomic E-state index is 0.0994. The summed E-state index contributed by atoms with van der Waals surface area (Å²) in [5, 5.41) is 12.0. The van der Waals surface area contributed by atoms with Crippen molar-refractivity contribution in [2.24, 2.45) is 11.8 Å². The van der Waals surface area contributed by atoms with Crippen LogP contribution in [0.3, 0.4) is 0 Å². The Morgan fingerprint density at radius 1 is 1.07 bits per heavy atom. The van der Waals surface area contributed by atoms with Gasteiger partial charge >= 0.3 is 0 Å². The zero-order chi connectivity index (χ0) is 31.8. The molecule has 2 amide bonds. The third kappa shape index (κ3) is 7.49. The second-order valence-corrected chi connectivity index (χ2v) is 13.0. The molecule has 3 aromatic heterocycles. The Labute approximate surface area is 253 Å². The summed E-state index contributed by atoms with van der Waals surface area (Å²) >= 11 is 0.642. The smallest absolute Gasteiger partial charge is 0.270 e. The van der Waals surface area contributed by atoms with E-state index in [2.05, 4.69) is 25.8 Å². The number of rotatable bonds is 11. The lowest BCUT2D eigenvalue weighted by molar-refractivity contribution is -0.134. The second kappa shape index (κ2) is 12.6. The lowest BCUT2D eigenvalue weighted by Crippen LogP contribution is -2.42. The molecule has 0 aliphatic heterocycles. The van der Waals surface area contributed by atoms with Crippen molar-refractivity contribution in [3.8, 4) is 0 Å². The molecule has 2 fully saturated rings. The highest BCUT2D eigenvalue weighted by atomic mass is 32.2. The lowest BCUT2D eigenvalue weighted by Gasteiger charge is -2.34. The van der Waals surface area contributed by atoms with Crippen LogP contribution in [0.1, 0.15) is 87.1 Å². The highest BCUT2D eigenvalue weighted by Crippen LogP contribution is 2.44. The molecule has 2 saturated carbocycles. The van der Waals surface area contributed by atoms with Crippen LogP contribution in [0.25, 0.3) is 5.65 Å². The van der Waals surface area contributed by atoms with Gasteiger partial charge in [-0.1, -0.05) is 11.8 Å². The first-order chi connectivity index (χ1) is 20.7. The third-order valence-corrected chi connectivity index (χ3v) is 9.06. The number of nitrogens with zero attached hydrogens (tertiary/aromatic N) is 5. The van der Waals surface area contributed by atoms with Gasteiger partial charge in [0.25, 0.3) is 12.3 Å². The highest BCUT2D eigenvalue weighted by molar-refractivity contribution is 8.00. The van der Waals surface area contributed by atoms with Crippen molar-refractivity contribution >= 4 is 29.2 Å². The number of fused-ring (bicyclic) bond motifs is 1. The Bertz CT molecular complexity index is 1480. The van der Waals surface area contributed by atoms with Crippen LogP contribution in [0, 0.1) is 11.8 Å². The number of halogens is 6. The normalized spacial score (nSPS) is 20.0. The molecule has 0 saturated heterocycles. The molecule has 2 N–H and O–H groups in total. The first kappa shape index (κ1) is 32.1. The molecule has 9 nitrogen and oxygen atoms in total. The van der Waals surface area contributed by atoms with Crippen molar-refractivity contribution in [3.63, 3.8) is 0 Å². The zero-order valence-electron chi connectivity index (χ0n) is 24.0. The highest BCUT2D eigenvalue weighted by Gasteiger charge is 2.46. The molecule has 0 aromatic carbocycles. The van der Waals surface area contributed by atoms with E-state index in [1.165, 1.54) is 23.0 Å². The van der Waals surface area contributed by atoms with Gasteiger partial charge in [-0.05, 0) is 50.7 Å². The summed E-state index contributed by atoms with van der Waals surface area (Å²) < 4.78 is 84.7. The quantitative estimate of drug-likeness (QED) is 0.150. The predicted octanol–water partition coefficient (Wildman–Crippen LogP) is 6.04. The standard InChI is InChI=1S/C28H33F6N7O2S/c1-15(2)41-20(5-8-35-41)25(43)39-23(17-3-6-27(31,32)7-4-17)19-14-40-21(37-19)10-18(13-36-40)44-26(24(29)30)38-22(42)9-16-11-28(33,34)12-16/h5,8,10,13-17,23-24,26H,3-4,6-7,9,11-12H2,1-2H3,(H,38,42)(H,39,43)/t23-,26?/m0/s1. The van der Waals surface area contributed by atoms with Crippen LogP contribution in [0.15, 0.2) is 35.6 Å². The fourth-order valence-electron chi connectivity index (χ4n) is 5.74. The number of amides is 2. The van der Waals surface area contributed by atoms with Gasteiger partial charge in [0.05, 0.1) is 24.1 Å². The van der Waals surface area contributed by atoms with Crippen LogP contribution in [-0.2, 0) is 4.79 Å². The number of imidazole rings is 1. The summed E-state index contributed by atoms with van der Waals surface area (Å²) in [6.07, 6.45) is -0.0939. The summed E-state index contributed by atoms with van der Waals surface area (Å²) in [4.78, 5) is 30.4. The number of nitrogens with one attached hydrogen (secondary N) is 2. The molecule has 3 heterocycles. The molecule has 2 atom stereocenters. The molecule has 16 heteroatoms. The van der Waals surface area contributed by atoms with Gasteiger partial charge in [0, 0.05) is 49.2 Å². The predicted molar refractivity (Wildman–Crippen MR) is 149 cm³/mol. The Hall–Kier alpha value is -3.30. The number of thioether (sulfide) groups is 1. The van der Waals surface area contributed by atoms with E-state index >= 15 is 0 Å². The number of hydrogen-bond acceptors (Lipinski definition) is 6. The van der Waals surface area contributed by atoms with Crippen molar-refractivity contribution < 1.29 is 35.9 Å². The van der Waals surface area contributed by atoms with Crippen LogP contribution in [0.5, 0.6) is 0 Å². The monoisotopic (exact) mass is 645 g/mol. The van der Waals surface area contributed by atoms with Gasteiger partial charge in [0.15, 0.2) is 5.65 Å². The summed E-state index contributed by atoms with van der Waals surface area (Å²) in [6.45, 7) is 3.74. The third-order valence-electron chi connectivity index (χ3n) is 7.99. The van der Waals surface area contributed by atoms with Crippen molar-refractivity contribution in [1.29, 1.82) is 0 Å². The van der Waals surface area contributed by atoms with Gasteiger partial charge < -0.3 is 10.6 Å². The van der Waals surface area contributed by atoms with Crippen molar-refractivity contribution in [3.05, 3.63) is 42.1 Å². The maximum absolute atomic E-state index is 14.0. The van der Waals surface area contributed by atoms with Gasteiger partial charge in [-0.2, -0.15) is 10.2 Å². The van der Waals surface area contributed by atoms with E-state index < -0.39 is 60.3 Å². The number of carbonyl (C=O) groups excluding carboxylic acids is 2. The van der Waals surface area contributed by atoms with Gasteiger partial charge in [-0.25, -0.2) is 35.8 Å². The van der Waals surface area contributed by atoms with E-state index in [9.17, 15) is 35.9 Å². The molecular weight excluding hydrogens is 612 g/mol. The number of aromatic nitrogens is 5. The first-order valence-electron chi connectivity index (χ1n) is 14.4. The number of hydrogen-bond donors (Lipinski definition) is 2. The molecule has 2 aliphatic carbocycles. The molecular formula is C28H33F6N7O2S. The molecule has 0 spiro atoms. The average molecular weight is 646 g/mol. The summed E-state index contributed by atoms with van der Waals surface area (Å²) in [7, 11) is 0. The summed E-state index contributed by atoms with van der Waals surface area (Å²) in [5.74, 6) is -7.68. The molecule has 3 aromatic rings. The van der Waals surface area contributed by atoms with Crippen LogP contribution in [-0.4, -0.2) is 59.8 Å². The van der Waals surface area contributed by atoms with Crippen molar-refractivity contribution in [1.82, 2.24) is 35.0 Å². The summed E-state index contributed by atoms with van der Waals surface area (Å²) in [6, 6.07) is 2.21.